The maximum Gasteiger partial charge on any atom is 0.245 e. The number of carbonyl (C=O) groups excluding carboxylic acids is 1. The fourth-order valence-electron chi connectivity index (χ4n) is 3.34. The van der Waals surface area contributed by atoms with Crippen LogP contribution in [0, 0.1) is 27.7 Å². The van der Waals surface area contributed by atoms with E-state index in [-0.39, 0.29) is 12.3 Å². The van der Waals surface area contributed by atoms with Gasteiger partial charge < -0.3 is 14.0 Å². The Morgan fingerprint density at radius 3 is 2.56 bits per heavy atom. The van der Waals surface area contributed by atoms with Crippen LogP contribution in [0.2, 0.25) is 0 Å². The molecule has 0 unspecified atom stereocenters. The molecule has 6 nitrogen and oxygen atoms in total. The van der Waals surface area contributed by atoms with Gasteiger partial charge in [0.1, 0.15) is 0 Å². The number of nitrogens with one attached hydrogen (secondary N) is 1. The Bertz CT molecular complexity index is 877. The number of nitrogens with zero attached hydrogens (tertiary/aromatic N) is 2. The molecule has 0 bridgehead atoms. The standard InChI is InChI=1S/C21H27N3O3/c1-14-6-7-19(10-15(14)2)24-16(3)11-18(17(24)4)13-22-23-20(25)12-21(5)26-8-9-27-21/h6-7,10-11,13H,8-9,12H2,1-5H3,(H,23,25). The van der Waals surface area contributed by atoms with E-state index in [9.17, 15) is 4.79 Å². The highest BCUT2D eigenvalue weighted by molar-refractivity contribution is 5.84. The second kappa shape index (κ2) is 7.66. The summed E-state index contributed by atoms with van der Waals surface area (Å²) >= 11 is 0. The monoisotopic (exact) mass is 369 g/mol. The molecule has 1 saturated heterocycles. The first-order chi connectivity index (χ1) is 12.8. The molecule has 3 rings (SSSR count). The number of carbonyl (C=O) groups is 1. The number of hydrogen-bond donors (Lipinski definition) is 1. The number of hydrogen-bond acceptors (Lipinski definition) is 4. The number of ether oxygens (including phenoxy) is 2. The summed E-state index contributed by atoms with van der Waals surface area (Å²) in [5.74, 6) is -1.09. The lowest BCUT2D eigenvalue weighted by molar-refractivity contribution is -0.159. The minimum Gasteiger partial charge on any atom is -0.347 e. The van der Waals surface area contributed by atoms with Crippen LogP contribution in [0.4, 0.5) is 0 Å². The smallest absolute Gasteiger partial charge is 0.245 e. The maximum absolute atomic E-state index is 12.1. The first-order valence-electron chi connectivity index (χ1n) is 9.15. The van der Waals surface area contributed by atoms with Crippen LogP contribution in [0.15, 0.2) is 29.4 Å². The van der Waals surface area contributed by atoms with Gasteiger partial charge in [0, 0.05) is 22.6 Å². The first-order valence-corrected chi connectivity index (χ1v) is 9.15. The minimum atomic E-state index is -0.848. The highest BCUT2D eigenvalue weighted by Gasteiger charge is 2.33. The number of amides is 1. The van der Waals surface area contributed by atoms with E-state index >= 15 is 0 Å². The number of rotatable bonds is 5. The molecule has 0 atom stereocenters. The third-order valence-electron chi connectivity index (χ3n) is 4.99. The molecule has 1 N–H and O–H groups in total. The SMILES string of the molecule is Cc1ccc(-n2c(C)cc(C=NNC(=O)CC3(C)OCCO3)c2C)cc1C. The van der Waals surface area contributed by atoms with Gasteiger partial charge >= 0.3 is 0 Å². The highest BCUT2D eigenvalue weighted by Crippen LogP contribution is 2.23. The second-order valence-electron chi connectivity index (χ2n) is 7.23. The molecule has 1 aromatic carbocycles. The van der Waals surface area contributed by atoms with Crippen molar-refractivity contribution < 1.29 is 14.3 Å². The summed E-state index contributed by atoms with van der Waals surface area (Å²) in [6.07, 6.45) is 1.79. The van der Waals surface area contributed by atoms with E-state index in [2.05, 4.69) is 60.1 Å². The molecule has 1 aliphatic rings. The number of aryl methyl sites for hydroxylation is 3. The van der Waals surface area contributed by atoms with Crippen molar-refractivity contribution in [1.29, 1.82) is 0 Å². The largest absolute Gasteiger partial charge is 0.347 e. The topological polar surface area (TPSA) is 64.9 Å². The van der Waals surface area contributed by atoms with Crippen LogP contribution in [-0.4, -0.2) is 35.7 Å². The van der Waals surface area contributed by atoms with Crippen molar-refractivity contribution in [2.75, 3.05) is 13.2 Å². The van der Waals surface area contributed by atoms with Crippen LogP contribution in [-0.2, 0) is 14.3 Å². The molecule has 1 aliphatic heterocycles. The molecule has 0 spiro atoms. The van der Waals surface area contributed by atoms with Crippen LogP contribution in [0.5, 0.6) is 0 Å². The van der Waals surface area contributed by atoms with Gasteiger partial charge in [-0.15, -0.1) is 0 Å². The Morgan fingerprint density at radius 1 is 1.19 bits per heavy atom. The molecule has 2 heterocycles. The fourth-order valence-corrected chi connectivity index (χ4v) is 3.34. The van der Waals surface area contributed by atoms with Gasteiger partial charge in [-0.3, -0.25) is 4.79 Å². The molecule has 0 saturated carbocycles. The zero-order valence-electron chi connectivity index (χ0n) is 16.6. The second-order valence-corrected chi connectivity index (χ2v) is 7.23. The quantitative estimate of drug-likeness (QED) is 0.650. The molecular weight excluding hydrogens is 342 g/mol. The van der Waals surface area contributed by atoms with Crippen molar-refractivity contribution in [3.8, 4) is 5.69 Å². The van der Waals surface area contributed by atoms with Crippen LogP contribution in [0.3, 0.4) is 0 Å². The number of benzene rings is 1. The molecule has 1 amide bonds. The third-order valence-corrected chi connectivity index (χ3v) is 4.99. The third kappa shape index (κ3) is 4.28. The number of hydrazone groups is 1. The molecule has 0 aliphatic carbocycles. The van der Waals surface area contributed by atoms with E-state index < -0.39 is 5.79 Å². The molecule has 0 radical (unpaired) electrons. The minimum absolute atomic E-state index is 0.117. The van der Waals surface area contributed by atoms with Crippen LogP contribution in [0.1, 0.15) is 41.4 Å². The molecule has 1 fully saturated rings. The molecule has 2 aromatic rings. The summed E-state index contributed by atoms with van der Waals surface area (Å²) in [5.41, 5.74) is 9.36. The summed E-state index contributed by atoms with van der Waals surface area (Å²) < 4.78 is 13.1. The summed E-state index contributed by atoms with van der Waals surface area (Å²) in [6, 6.07) is 8.49. The van der Waals surface area contributed by atoms with E-state index in [4.69, 9.17) is 9.47 Å². The molecular formula is C21H27N3O3. The number of aromatic nitrogens is 1. The van der Waals surface area contributed by atoms with Crippen LogP contribution in [0.25, 0.3) is 5.69 Å². The average molecular weight is 369 g/mol. The van der Waals surface area contributed by atoms with E-state index in [0.717, 1.165) is 22.6 Å². The van der Waals surface area contributed by atoms with Gasteiger partial charge in [0.2, 0.25) is 5.91 Å². The van der Waals surface area contributed by atoms with Crippen molar-refractivity contribution in [2.24, 2.45) is 5.10 Å². The van der Waals surface area contributed by atoms with Crippen molar-refractivity contribution in [3.05, 3.63) is 52.3 Å². The Labute approximate surface area is 160 Å². The van der Waals surface area contributed by atoms with Gasteiger partial charge in [0.15, 0.2) is 5.79 Å². The zero-order chi connectivity index (χ0) is 19.6. The van der Waals surface area contributed by atoms with Crippen molar-refractivity contribution in [2.45, 2.75) is 46.8 Å². The normalized spacial score (nSPS) is 16.2. The van der Waals surface area contributed by atoms with Gasteiger partial charge in [-0.25, -0.2) is 5.43 Å². The maximum atomic E-state index is 12.1. The van der Waals surface area contributed by atoms with Crippen molar-refractivity contribution in [3.63, 3.8) is 0 Å². The van der Waals surface area contributed by atoms with Crippen molar-refractivity contribution in [1.82, 2.24) is 9.99 Å². The van der Waals surface area contributed by atoms with Gasteiger partial charge in [0.25, 0.3) is 0 Å². The van der Waals surface area contributed by atoms with E-state index in [1.165, 1.54) is 11.1 Å². The van der Waals surface area contributed by atoms with E-state index in [1.54, 1.807) is 13.1 Å². The summed E-state index contributed by atoms with van der Waals surface area (Å²) in [4.78, 5) is 12.1. The summed E-state index contributed by atoms with van der Waals surface area (Å²) in [7, 11) is 0. The summed E-state index contributed by atoms with van der Waals surface area (Å²) in [6.45, 7) is 11.1. The van der Waals surface area contributed by atoms with Crippen molar-refractivity contribution >= 4 is 12.1 Å². The zero-order valence-corrected chi connectivity index (χ0v) is 16.6. The Balaban J connectivity index is 1.71. The molecule has 1 aromatic heterocycles. The average Bonchev–Trinajstić information content (AvgIpc) is 3.14. The molecule has 27 heavy (non-hydrogen) atoms. The highest BCUT2D eigenvalue weighted by atomic mass is 16.7. The molecule has 144 valence electrons. The lowest BCUT2D eigenvalue weighted by atomic mass is 10.1. The van der Waals surface area contributed by atoms with Crippen LogP contribution < -0.4 is 5.43 Å². The lowest BCUT2D eigenvalue weighted by Crippen LogP contribution is -2.33. The van der Waals surface area contributed by atoms with Gasteiger partial charge in [-0.05, 0) is 63.9 Å². The lowest BCUT2D eigenvalue weighted by Gasteiger charge is -2.20. The van der Waals surface area contributed by atoms with E-state index in [1.807, 2.05) is 6.92 Å². The fraction of sp³-hybridized carbons (Fsp3) is 0.429. The first kappa shape index (κ1) is 19.3. The summed E-state index contributed by atoms with van der Waals surface area (Å²) in [5, 5.41) is 4.11. The van der Waals surface area contributed by atoms with Gasteiger partial charge in [0.05, 0.1) is 25.8 Å². The van der Waals surface area contributed by atoms with Gasteiger partial charge in [-0.1, -0.05) is 6.07 Å². The van der Waals surface area contributed by atoms with E-state index in [0.29, 0.717) is 13.2 Å². The van der Waals surface area contributed by atoms with Gasteiger partial charge in [-0.2, -0.15) is 5.10 Å². The Morgan fingerprint density at radius 2 is 1.89 bits per heavy atom. The van der Waals surface area contributed by atoms with Crippen LogP contribution >= 0.6 is 0 Å². The Kier molecular flexibility index (Phi) is 5.48. The molecule has 6 heteroatoms. The Hall–Kier alpha value is -2.44. The predicted octanol–water partition coefficient (Wildman–Crippen LogP) is 3.31. The predicted molar refractivity (Wildman–Crippen MR) is 105 cm³/mol.